The first-order chi connectivity index (χ1) is 9.72. The lowest BCUT2D eigenvalue weighted by atomic mass is 10.1. The third-order valence-corrected chi connectivity index (χ3v) is 3.64. The molecule has 1 heterocycles. The molecule has 20 heavy (non-hydrogen) atoms. The minimum atomic E-state index is 0.482. The summed E-state index contributed by atoms with van der Waals surface area (Å²) in [6.07, 6.45) is 0.649. The Hall–Kier alpha value is -2.14. The van der Waals surface area contributed by atoms with Crippen LogP contribution in [-0.2, 0) is 6.42 Å². The van der Waals surface area contributed by atoms with Crippen LogP contribution in [0, 0.1) is 0 Å². The van der Waals surface area contributed by atoms with E-state index in [0.717, 1.165) is 15.6 Å². The predicted molar refractivity (Wildman–Crippen MR) is 81.1 cm³/mol. The normalized spacial score (nSPS) is 10.7. The van der Waals surface area contributed by atoms with Gasteiger partial charge in [0, 0.05) is 22.1 Å². The SMILES string of the molecule is Nc1cc(-c2nc(Cc3ccccc3)no2)ccc1Br. The van der Waals surface area contributed by atoms with Gasteiger partial charge in [-0.3, -0.25) is 0 Å². The van der Waals surface area contributed by atoms with Gasteiger partial charge in [-0.15, -0.1) is 0 Å². The van der Waals surface area contributed by atoms with Crippen LogP contribution in [0.2, 0.25) is 0 Å². The molecule has 0 atom stereocenters. The number of nitrogen functional groups attached to an aromatic ring is 1. The fourth-order valence-corrected chi connectivity index (χ4v) is 2.14. The van der Waals surface area contributed by atoms with Crippen molar-refractivity contribution in [2.75, 3.05) is 5.73 Å². The smallest absolute Gasteiger partial charge is 0.258 e. The van der Waals surface area contributed by atoms with E-state index in [4.69, 9.17) is 10.3 Å². The maximum absolute atomic E-state index is 5.85. The zero-order valence-corrected chi connectivity index (χ0v) is 12.2. The summed E-state index contributed by atoms with van der Waals surface area (Å²) in [7, 11) is 0. The minimum Gasteiger partial charge on any atom is -0.398 e. The molecule has 1 aromatic heterocycles. The molecule has 3 aromatic rings. The molecule has 0 amide bonds. The number of anilines is 1. The summed E-state index contributed by atoms with van der Waals surface area (Å²) >= 11 is 3.36. The average molecular weight is 330 g/mol. The average Bonchev–Trinajstić information content (AvgIpc) is 2.91. The molecule has 0 aliphatic heterocycles. The molecule has 0 saturated heterocycles. The monoisotopic (exact) mass is 329 g/mol. The first-order valence-corrected chi connectivity index (χ1v) is 6.93. The molecule has 3 rings (SSSR count). The summed E-state index contributed by atoms with van der Waals surface area (Å²) in [4.78, 5) is 4.40. The second-order valence-corrected chi connectivity index (χ2v) is 5.27. The highest BCUT2D eigenvalue weighted by molar-refractivity contribution is 9.10. The van der Waals surface area contributed by atoms with E-state index in [2.05, 4.69) is 26.1 Å². The Morgan fingerprint density at radius 3 is 2.65 bits per heavy atom. The lowest BCUT2D eigenvalue weighted by Crippen LogP contribution is -1.90. The molecule has 0 spiro atoms. The van der Waals surface area contributed by atoms with Crippen molar-refractivity contribution in [3.63, 3.8) is 0 Å². The second-order valence-electron chi connectivity index (χ2n) is 4.41. The number of nitrogens with zero attached hydrogens (tertiary/aromatic N) is 2. The molecule has 2 aromatic carbocycles. The van der Waals surface area contributed by atoms with Gasteiger partial charge in [0.25, 0.3) is 5.89 Å². The fourth-order valence-electron chi connectivity index (χ4n) is 1.90. The molecule has 0 saturated carbocycles. The second kappa shape index (κ2) is 5.46. The van der Waals surface area contributed by atoms with Crippen molar-refractivity contribution in [3.8, 4) is 11.5 Å². The van der Waals surface area contributed by atoms with Gasteiger partial charge in [0.2, 0.25) is 0 Å². The zero-order chi connectivity index (χ0) is 13.9. The molecule has 0 aliphatic carbocycles. The first kappa shape index (κ1) is 12.9. The lowest BCUT2D eigenvalue weighted by molar-refractivity contribution is 0.424. The Morgan fingerprint density at radius 1 is 1.10 bits per heavy atom. The van der Waals surface area contributed by atoms with E-state index in [1.165, 1.54) is 0 Å². The van der Waals surface area contributed by atoms with Crippen molar-refractivity contribution in [2.24, 2.45) is 0 Å². The van der Waals surface area contributed by atoms with Crippen molar-refractivity contribution < 1.29 is 4.52 Å². The van der Waals surface area contributed by atoms with Gasteiger partial charge in [-0.2, -0.15) is 4.98 Å². The van der Waals surface area contributed by atoms with Crippen LogP contribution in [0.5, 0.6) is 0 Å². The van der Waals surface area contributed by atoms with Crippen LogP contribution < -0.4 is 5.73 Å². The third kappa shape index (κ3) is 2.72. The first-order valence-electron chi connectivity index (χ1n) is 6.14. The highest BCUT2D eigenvalue weighted by atomic mass is 79.9. The predicted octanol–water partition coefficient (Wildman–Crippen LogP) is 3.67. The van der Waals surface area contributed by atoms with Crippen LogP contribution in [0.25, 0.3) is 11.5 Å². The largest absolute Gasteiger partial charge is 0.398 e. The van der Waals surface area contributed by atoms with Crippen LogP contribution in [-0.4, -0.2) is 10.1 Å². The van der Waals surface area contributed by atoms with Crippen LogP contribution in [0.3, 0.4) is 0 Å². The van der Waals surface area contributed by atoms with Gasteiger partial charge >= 0.3 is 0 Å². The van der Waals surface area contributed by atoms with Gasteiger partial charge in [0.1, 0.15) is 0 Å². The highest BCUT2D eigenvalue weighted by Crippen LogP contribution is 2.26. The molecule has 0 radical (unpaired) electrons. The van der Waals surface area contributed by atoms with E-state index in [1.807, 2.05) is 48.5 Å². The van der Waals surface area contributed by atoms with E-state index < -0.39 is 0 Å². The number of hydrogen-bond donors (Lipinski definition) is 1. The number of nitrogens with two attached hydrogens (primary N) is 1. The summed E-state index contributed by atoms with van der Waals surface area (Å²) in [6, 6.07) is 15.6. The van der Waals surface area contributed by atoms with Crippen molar-refractivity contribution in [1.82, 2.24) is 10.1 Å². The number of benzene rings is 2. The maximum Gasteiger partial charge on any atom is 0.258 e. The molecule has 100 valence electrons. The highest BCUT2D eigenvalue weighted by Gasteiger charge is 2.10. The van der Waals surface area contributed by atoms with Gasteiger partial charge in [-0.05, 0) is 39.7 Å². The number of hydrogen-bond acceptors (Lipinski definition) is 4. The quantitative estimate of drug-likeness (QED) is 0.744. The van der Waals surface area contributed by atoms with Crippen molar-refractivity contribution in [2.45, 2.75) is 6.42 Å². The lowest BCUT2D eigenvalue weighted by Gasteiger charge is -1.99. The summed E-state index contributed by atoms with van der Waals surface area (Å²) in [5.41, 5.74) is 8.46. The standard InChI is InChI=1S/C15H12BrN3O/c16-12-7-6-11(9-13(12)17)15-18-14(19-20-15)8-10-4-2-1-3-5-10/h1-7,9H,8,17H2. The molecule has 0 unspecified atom stereocenters. The molecule has 0 aliphatic rings. The van der Waals surface area contributed by atoms with Crippen molar-refractivity contribution in [1.29, 1.82) is 0 Å². The van der Waals surface area contributed by atoms with Crippen LogP contribution in [0.4, 0.5) is 5.69 Å². The zero-order valence-electron chi connectivity index (χ0n) is 10.6. The minimum absolute atomic E-state index is 0.482. The Labute approximate surface area is 124 Å². The Kier molecular flexibility index (Phi) is 3.52. The molecular weight excluding hydrogens is 318 g/mol. The number of halogens is 1. The van der Waals surface area contributed by atoms with Gasteiger partial charge in [0.05, 0.1) is 0 Å². The molecule has 0 bridgehead atoms. The molecule has 4 nitrogen and oxygen atoms in total. The van der Waals surface area contributed by atoms with E-state index >= 15 is 0 Å². The molecule has 5 heteroatoms. The van der Waals surface area contributed by atoms with E-state index in [-0.39, 0.29) is 0 Å². The third-order valence-electron chi connectivity index (χ3n) is 2.92. The van der Waals surface area contributed by atoms with Gasteiger partial charge in [-0.1, -0.05) is 35.5 Å². The van der Waals surface area contributed by atoms with Gasteiger partial charge in [0.15, 0.2) is 5.82 Å². The van der Waals surface area contributed by atoms with Crippen molar-refractivity contribution in [3.05, 3.63) is 64.4 Å². The summed E-state index contributed by atoms with van der Waals surface area (Å²) in [5, 5.41) is 4.00. The van der Waals surface area contributed by atoms with E-state index in [1.54, 1.807) is 0 Å². The molecular formula is C15H12BrN3O. The Morgan fingerprint density at radius 2 is 1.90 bits per heavy atom. The number of rotatable bonds is 3. The summed E-state index contributed by atoms with van der Waals surface area (Å²) in [5.74, 6) is 1.14. The Bertz CT molecular complexity index is 725. The van der Waals surface area contributed by atoms with E-state index in [0.29, 0.717) is 23.8 Å². The van der Waals surface area contributed by atoms with Gasteiger partial charge in [-0.25, -0.2) is 0 Å². The molecule has 0 fully saturated rings. The maximum atomic E-state index is 5.85. The van der Waals surface area contributed by atoms with Gasteiger partial charge < -0.3 is 10.3 Å². The van der Waals surface area contributed by atoms with E-state index in [9.17, 15) is 0 Å². The summed E-state index contributed by atoms with van der Waals surface area (Å²) < 4.78 is 6.14. The molecule has 2 N–H and O–H groups in total. The Balaban J connectivity index is 1.84. The number of aromatic nitrogens is 2. The topological polar surface area (TPSA) is 64.9 Å². The van der Waals surface area contributed by atoms with Crippen molar-refractivity contribution >= 4 is 21.6 Å². The van der Waals surface area contributed by atoms with Crippen LogP contribution in [0.1, 0.15) is 11.4 Å². The fraction of sp³-hybridized carbons (Fsp3) is 0.0667. The van der Waals surface area contributed by atoms with Crippen LogP contribution >= 0.6 is 15.9 Å². The summed E-state index contributed by atoms with van der Waals surface area (Å²) in [6.45, 7) is 0. The van der Waals surface area contributed by atoms with Crippen LogP contribution in [0.15, 0.2) is 57.5 Å².